The second kappa shape index (κ2) is 12.0. The molecule has 0 saturated heterocycles. The zero-order valence-corrected chi connectivity index (χ0v) is 20.1. The standard InChI is InChI=1S/C26H37N3O4/c1-26(2,3)32-22(30)17-21(16-10-15-19-11-6-4-7-12-19)25-28-23(29-33-25)24(31)27-18-20-13-8-5-9-14-20/h5,8-9,13-14,19,21H,4,6-7,10-12,15-18H2,1-3H3,(H,27,31)/t21-/m1/s1. The second-order valence-electron chi connectivity index (χ2n) is 10.0. The molecule has 0 bridgehead atoms. The maximum absolute atomic E-state index is 12.5. The average molecular weight is 456 g/mol. The van der Waals surface area contributed by atoms with Crippen LogP contribution in [0.4, 0.5) is 0 Å². The summed E-state index contributed by atoms with van der Waals surface area (Å²) in [5.74, 6) is 0.136. The van der Waals surface area contributed by atoms with Gasteiger partial charge in [0.1, 0.15) is 5.60 Å². The predicted molar refractivity (Wildman–Crippen MR) is 126 cm³/mol. The van der Waals surface area contributed by atoms with Crippen LogP contribution in [0.25, 0.3) is 0 Å². The molecular weight excluding hydrogens is 418 g/mol. The molecule has 0 aliphatic heterocycles. The maximum atomic E-state index is 12.5. The van der Waals surface area contributed by atoms with Crippen LogP contribution in [0.2, 0.25) is 0 Å². The van der Waals surface area contributed by atoms with E-state index >= 15 is 0 Å². The highest BCUT2D eigenvalue weighted by atomic mass is 16.6. The number of amides is 1. The Morgan fingerprint density at radius 1 is 1.15 bits per heavy atom. The van der Waals surface area contributed by atoms with Gasteiger partial charge in [-0.15, -0.1) is 0 Å². The van der Waals surface area contributed by atoms with Gasteiger partial charge in [-0.05, 0) is 38.7 Å². The molecule has 33 heavy (non-hydrogen) atoms. The molecule has 1 aromatic carbocycles. The van der Waals surface area contributed by atoms with Crippen molar-refractivity contribution in [1.82, 2.24) is 15.5 Å². The summed E-state index contributed by atoms with van der Waals surface area (Å²) in [7, 11) is 0. The number of hydrogen-bond acceptors (Lipinski definition) is 6. The monoisotopic (exact) mass is 455 g/mol. The van der Waals surface area contributed by atoms with Crippen LogP contribution in [0.15, 0.2) is 34.9 Å². The molecule has 1 aliphatic rings. The van der Waals surface area contributed by atoms with Gasteiger partial charge in [0.05, 0.1) is 6.42 Å². The minimum Gasteiger partial charge on any atom is -0.460 e. The average Bonchev–Trinajstić information content (AvgIpc) is 3.27. The molecule has 1 atom stereocenters. The highest BCUT2D eigenvalue weighted by Gasteiger charge is 2.27. The highest BCUT2D eigenvalue weighted by Crippen LogP contribution is 2.31. The smallest absolute Gasteiger partial charge is 0.307 e. The van der Waals surface area contributed by atoms with E-state index in [1.807, 2.05) is 51.1 Å². The summed E-state index contributed by atoms with van der Waals surface area (Å²) >= 11 is 0. The van der Waals surface area contributed by atoms with Crippen molar-refractivity contribution < 1.29 is 18.8 Å². The van der Waals surface area contributed by atoms with E-state index in [2.05, 4.69) is 15.5 Å². The van der Waals surface area contributed by atoms with Crippen LogP contribution in [0.1, 0.15) is 107 Å². The quantitative estimate of drug-likeness (QED) is 0.471. The lowest BCUT2D eigenvalue weighted by atomic mass is 9.84. The van der Waals surface area contributed by atoms with Gasteiger partial charge >= 0.3 is 5.97 Å². The summed E-state index contributed by atoms with van der Waals surface area (Å²) in [6.07, 6.45) is 9.60. The molecule has 1 heterocycles. The van der Waals surface area contributed by atoms with Gasteiger partial charge in [0.25, 0.3) is 11.7 Å². The Balaban J connectivity index is 1.61. The number of carbonyl (C=O) groups excluding carboxylic acids is 2. The zero-order valence-electron chi connectivity index (χ0n) is 20.1. The molecule has 0 spiro atoms. The fourth-order valence-corrected chi connectivity index (χ4v) is 4.38. The van der Waals surface area contributed by atoms with Crippen LogP contribution in [0.3, 0.4) is 0 Å². The van der Waals surface area contributed by atoms with Gasteiger partial charge < -0.3 is 14.6 Å². The van der Waals surface area contributed by atoms with Crippen molar-refractivity contribution in [3.63, 3.8) is 0 Å². The van der Waals surface area contributed by atoms with Crippen molar-refractivity contribution in [2.24, 2.45) is 5.92 Å². The maximum Gasteiger partial charge on any atom is 0.307 e. The molecular formula is C26H37N3O4. The Hall–Kier alpha value is -2.70. The molecule has 1 N–H and O–H groups in total. The minimum atomic E-state index is -0.555. The number of carbonyl (C=O) groups is 2. The van der Waals surface area contributed by atoms with Gasteiger partial charge in [-0.1, -0.05) is 80.4 Å². The lowest BCUT2D eigenvalue weighted by Crippen LogP contribution is -2.25. The molecule has 1 amide bonds. The molecule has 2 aromatic rings. The van der Waals surface area contributed by atoms with Gasteiger partial charge in [-0.3, -0.25) is 9.59 Å². The van der Waals surface area contributed by atoms with Crippen LogP contribution in [0.5, 0.6) is 0 Å². The van der Waals surface area contributed by atoms with Crippen molar-refractivity contribution in [2.75, 3.05) is 0 Å². The van der Waals surface area contributed by atoms with Crippen molar-refractivity contribution >= 4 is 11.9 Å². The summed E-state index contributed by atoms with van der Waals surface area (Å²) < 4.78 is 11.0. The van der Waals surface area contributed by atoms with Crippen molar-refractivity contribution in [1.29, 1.82) is 0 Å². The van der Waals surface area contributed by atoms with Gasteiger partial charge in [0.15, 0.2) is 0 Å². The fourth-order valence-electron chi connectivity index (χ4n) is 4.38. The molecule has 0 radical (unpaired) electrons. The predicted octanol–water partition coefficient (Wildman–Crippen LogP) is 5.57. The molecule has 7 nitrogen and oxygen atoms in total. The van der Waals surface area contributed by atoms with E-state index in [9.17, 15) is 9.59 Å². The first-order valence-corrected chi connectivity index (χ1v) is 12.2. The van der Waals surface area contributed by atoms with Gasteiger partial charge in [-0.2, -0.15) is 4.98 Å². The number of aromatic nitrogens is 2. The Kier molecular flexibility index (Phi) is 9.03. The molecule has 180 valence electrons. The third kappa shape index (κ3) is 8.63. The van der Waals surface area contributed by atoms with E-state index in [0.717, 1.165) is 30.7 Å². The van der Waals surface area contributed by atoms with Gasteiger partial charge in [0.2, 0.25) is 5.89 Å². The van der Waals surface area contributed by atoms with Crippen molar-refractivity contribution in [2.45, 2.75) is 96.6 Å². The topological polar surface area (TPSA) is 94.3 Å². The lowest BCUT2D eigenvalue weighted by Gasteiger charge is -2.23. The second-order valence-corrected chi connectivity index (χ2v) is 10.0. The van der Waals surface area contributed by atoms with Crippen LogP contribution >= 0.6 is 0 Å². The fraction of sp³-hybridized carbons (Fsp3) is 0.615. The van der Waals surface area contributed by atoms with E-state index in [4.69, 9.17) is 9.26 Å². The first-order chi connectivity index (χ1) is 15.8. The summed E-state index contributed by atoms with van der Waals surface area (Å²) in [5, 5.41) is 6.69. The number of hydrogen-bond donors (Lipinski definition) is 1. The molecule has 1 fully saturated rings. The minimum absolute atomic E-state index is 0.0117. The van der Waals surface area contributed by atoms with Gasteiger partial charge in [0, 0.05) is 12.5 Å². The summed E-state index contributed by atoms with van der Waals surface area (Å²) in [6, 6.07) is 9.64. The zero-order chi connectivity index (χ0) is 23.7. The molecule has 7 heteroatoms. The summed E-state index contributed by atoms with van der Waals surface area (Å²) in [5.41, 5.74) is 0.432. The van der Waals surface area contributed by atoms with E-state index in [-0.39, 0.29) is 24.1 Å². The summed E-state index contributed by atoms with van der Waals surface area (Å²) in [4.78, 5) is 29.4. The van der Waals surface area contributed by atoms with E-state index in [0.29, 0.717) is 12.4 Å². The number of benzene rings is 1. The van der Waals surface area contributed by atoms with Crippen LogP contribution in [-0.2, 0) is 16.1 Å². The Morgan fingerprint density at radius 2 is 1.88 bits per heavy atom. The Bertz CT molecular complexity index is 882. The molecule has 3 rings (SSSR count). The number of nitrogens with zero attached hydrogens (tertiary/aromatic N) is 2. The lowest BCUT2D eigenvalue weighted by molar-refractivity contribution is -0.155. The first kappa shape index (κ1) is 24.9. The number of rotatable bonds is 10. The molecule has 0 unspecified atom stereocenters. The van der Waals surface area contributed by atoms with E-state index < -0.39 is 11.5 Å². The Morgan fingerprint density at radius 3 is 2.58 bits per heavy atom. The molecule has 1 aromatic heterocycles. The van der Waals surface area contributed by atoms with Gasteiger partial charge in [-0.25, -0.2) is 0 Å². The van der Waals surface area contributed by atoms with Crippen molar-refractivity contribution in [3.05, 3.63) is 47.6 Å². The Labute approximate surface area is 196 Å². The third-order valence-corrected chi connectivity index (χ3v) is 6.01. The van der Waals surface area contributed by atoms with E-state index in [1.54, 1.807) is 0 Å². The normalized spacial score (nSPS) is 15.7. The van der Waals surface area contributed by atoms with Crippen LogP contribution < -0.4 is 5.32 Å². The highest BCUT2D eigenvalue weighted by molar-refractivity contribution is 5.90. The first-order valence-electron chi connectivity index (χ1n) is 12.2. The van der Waals surface area contributed by atoms with Crippen LogP contribution in [0, 0.1) is 5.92 Å². The largest absolute Gasteiger partial charge is 0.460 e. The SMILES string of the molecule is CC(C)(C)OC(=O)C[C@@H](CCCC1CCCCC1)c1nc(C(=O)NCc2ccccc2)no1. The number of ether oxygens (including phenoxy) is 1. The van der Waals surface area contributed by atoms with E-state index in [1.165, 1.54) is 32.1 Å². The molecule has 1 saturated carbocycles. The third-order valence-electron chi connectivity index (χ3n) is 6.01. The van der Waals surface area contributed by atoms with Crippen molar-refractivity contribution in [3.8, 4) is 0 Å². The number of nitrogens with one attached hydrogen (secondary N) is 1. The molecule has 1 aliphatic carbocycles. The number of esters is 1. The summed E-state index contributed by atoms with van der Waals surface area (Å²) in [6.45, 7) is 5.94. The van der Waals surface area contributed by atoms with Crippen LogP contribution in [-0.4, -0.2) is 27.6 Å².